The van der Waals surface area contributed by atoms with Gasteiger partial charge in [0, 0.05) is 18.8 Å². The van der Waals surface area contributed by atoms with E-state index in [4.69, 9.17) is 9.47 Å². The lowest BCUT2D eigenvalue weighted by molar-refractivity contribution is 0.0904. The fraction of sp³-hybridized carbons (Fsp3) is 0.292. The molecule has 0 radical (unpaired) electrons. The first-order chi connectivity index (χ1) is 14.2. The number of amides is 1. The van der Waals surface area contributed by atoms with Crippen molar-refractivity contribution in [2.45, 2.75) is 38.0 Å². The molecule has 2 aromatic carbocycles. The lowest BCUT2D eigenvalue weighted by atomic mass is 9.94. The van der Waals surface area contributed by atoms with Gasteiger partial charge in [-0.15, -0.1) is 0 Å². The van der Waals surface area contributed by atoms with E-state index in [2.05, 4.69) is 6.58 Å². The van der Waals surface area contributed by atoms with Crippen LogP contribution in [0.3, 0.4) is 0 Å². The van der Waals surface area contributed by atoms with Gasteiger partial charge < -0.3 is 14.6 Å². The molecule has 0 unspecified atom stereocenters. The van der Waals surface area contributed by atoms with Crippen LogP contribution >= 0.6 is 0 Å². The van der Waals surface area contributed by atoms with E-state index in [1.807, 2.05) is 48.5 Å². The Morgan fingerprint density at radius 3 is 2.52 bits per heavy atom. The van der Waals surface area contributed by atoms with Crippen LogP contribution in [-0.4, -0.2) is 34.9 Å². The fourth-order valence-corrected chi connectivity index (χ4v) is 3.33. The van der Waals surface area contributed by atoms with Crippen LogP contribution in [0.2, 0.25) is 0 Å². The van der Waals surface area contributed by atoms with E-state index in [1.165, 1.54) is 0 Å². The van der Waals surface area contributed by atoms with E-state index in [0.29, 0.717) is 37.4 Å². The highest BCUT2D eigenvalue weighted by molar-refractivity contribution is 5.72. The van der Waals surface area contributed by atoms with Gasteiger partial charge in [-0.3, -0.25) is 4.90 Å². The van der Waals surface area contributed by atoms with Gasteiger partial charge in [-0.25, -0.2) is 4.79 Å². The molecule has 152 valence electrons. The molecule has 29 heavy (non-hydrogen) atoms. The van der Waals surface area contributed by atoms with Gasteiger partial charge in [-0.1, -0.05) is 61.2 Å². The number of benzene rings is 2. The molecule has 1 aliphatic rings. The molecule has 2 atom stereocenters. The van der Waals surface area contributed by atoms with E-state index in [1.54, 1.807) is 29.3 Å². The van der Waals surface area contributed by atoms with Gasteiger partial charge >= 0.3 is 6.09 Å². The molecule has 3 rings (SSSR count). The maximum Gasteiger partial charge on any atom is 0.419 e. The van der Waals surface area contributed by atoms with Crippen LogP contribution in [0.5, 0.6) is 5.75 Å². The predicted molar refractivity (Wildman–Crippen MR) is 112 cm³/mol. The zero-order valence-electron chi connectivity index (χ0n) is 16.4. The van der Waals surface area contributed by atoms with Gasteiger partial charge in [-0.05, 0) is 42.5 Å². The summed E-state index contributed by atoms with van der Waals surface area (Å²) in [5.74, 6) is 0.488. The summed E-state index contributed by atoms with van der Waals surface area (Å²) < 4.78 is 11.2. The normalized spacial score (nSPS) is 18.8. The summed E-state index contributed by atoms with van der Waals surface area (Å²) in [4.78, 5) is 14.3. The average molecular weight is 393 g/mol. The fourth-order valence-electron chi connectivity index (χ4n) is 3.33. The minimum Gasteiger partial charge on any atom is -0.410 e. The third kappa shape index (κ3) is 6.04. The van der Waals surface area contributed by atoms with E-state index in [9.17, 15) is 9.90 Å². The minimum absolute atomic E-state index is 0.162. The summed E-state index contributed by atoms with van der Waals surface area (Å²) in [5.41, 5.74) is 1.75. The number of aliphatic hydroxyl groups excluding tert-OH is 1. The van der Waals surface area contributed by atoms with Crippen molar-refractivity contribution in [1.29, 1.82) is 0 Å². The zero-order chi connectivity index (χ0) is 20.5. The smallest absolute Gasteiger partial charge is 0.410 e. The van der Waals surface area contributed by atoms with E-state index < -0.39 is 12.2 Å². The molecule has 1 aliphatic heterocycles. The van der Waals surface area contributed by atoms with Crippen molar-refractivity contribution in [1.82, 2.24) is 4.90 Å². The first kappa shape index (κ1) is 20.8. The van der Waals surface area contributed by atoms with Gasteiger partial charge in [0.15, 0.2) is 0 Å². The molecule has 5 heteroatoms. The summed E-state index contributed by atoms with van der Waals surface area (Å²) in [5, 5.41) is 10.3. The van der Waals surface area contributed by atoms with Crippen LogP contribution in [0, 0.1) is 0 Å². The number of carbonyl (C=O) groups excluding carboxylic acids is 1. The molecule has 2 aromatic rings. The molecular formula is C24H27NO4. The molecule has 0 bridgehead atoms. The lowest BCUT2D eigenvalue weighted by Crippen LogP contribution is -2.44. The topological polar surface area (TPSA) is 59.0 Å². The van der Waals surface area contributed by atoms with Gasteiger partial charge in [0.25, 0.3) is 0 Å². The second-order valence-corrected chi connectivity index (χ2v) is 7.01. The number of nitrogens with zero attached hydrogens (tertiary/aromatic N) is 1. The standard InChI is InChI=1S/C24H27NO4/c1-2-20-17-25(24(27)29-22-13-7-4-8-14-22)21(16-23(20)26)12-9-15-28-18-19-10-5-3-6-11-19/h2-8,10-11,13-14,17,21,23,26H,1,9,12,15-16,18H2/t21-,23-/m0/s1. The predicted octanol–water partition coefficient (Wildman–Crippen LogP) is 4.69. The summed E-state index contributed by atoms with van der Waals surface area (Å²) >= 11 is 0. The molecular weight excluding hydrogens is 366 g/mol. The van der Waals surface area contributed by atoms with Crippen LogP contribution in [-0.2, 0) is 11.3 Å². The number of aliphatic hydroxyl groups is 1. The third-order valence-corrected chi connectivity index (χ3v) is 4.89. The Bertz CT molecular complexity index is 819. The van der Waals surface area contributed by atoms with Crippen molar-refractivity contribution in [3.63, 3.8) is 0 Å². The molecule has 0 spiro atoms. The molecule has 0 fully saturated rings. The Balaban J connectivity index is 1.56. The van der Waals surface area contributed by atoms with Crippen molar-refractivity contribution >= 4 is 6.09 Å². The molecule has 0 saturated carbocycles. The van der Waals surface area contributed by atoms with E-state index in [0.717, 1.165) is 12.0 Å². The number of hydrogen-bond acceptors (Lipinski definition) is 4. The Morgan fingerprint density at radius 2 is 1.83 bits per heavy atom. The Labute approximate surface area is 171 Å². The Kier molecular flexibility index (Phi) is 7.61. The summed E-state index contributed by atoms with van der Waals surface area (Å²) in [6.07, 6.45) is 4.05. The Hall–Kier alpha value is -2.89. The first-order valence-electron chi connectivity index (χ1n) is 9.86. The van der Waals surface area contributed by atoms with Crippen LogP contribution in [0.4, 0.5) is 4.79 Å². The highest BCUT2D eigenvalue weighted by Crippen LogP contribution is 2.26. The largest absolute Gasteiger partial charge is 0.419 e. The minimum atomic E-state index is -0.636. The van der Waals surface area contributed by atoms with Crippen molar-refractivity contribution in [3.8, 4) is 5.75 Å². The maximum atomic E-state index is 12.7. The molecule has 0 aromatic heterocycles. The average Bonchev–Trinajstić information content (AvgIpc) is 2.75. The van der Waals surface area contributed by atoms with Crippen LogP contribution in [0.25, 0.3) is 0 Å². The zero-order valence-corrected chi connectivity index (χ0v) is 16.4. The number of hydrogen-bond donors (Lipinski definition) is 1. The van der Waals surface area contributed by atoms with Crippen molar-refractivity contribution in [2.75, 3.05) is 6.61 Å². The lowest BCUT2D eigenvalue weighted by Gasteiger charge is -2.35. The summed E-state index contributed by atoms with van der Waals surface area (Å²) in [6, 6.07) is 18.8. The Morgan fingerprint density at radius 1 is 1.14 bits per heavy atom. The SMILES string of the molecule is C=CC1=CN(C(=O)Oc2ccccc2)[C@@H](CCCOCc2ccccc2)C[C@@H]1O. The number of ether oxygens (including phenoxy) is 2. The van der Waals surface area contributed by atoms with Gasteiger partial charge in [0.2, 0.25) is 0 Å². The molecule has 0 saturated heterocycles. The van der Waals surface area contributed by atoms with Crippen LogP contribution in [0.1, 0.15) is 24.8 Å². The second-order valence-electron chi connectivity index (χ2n) is 7.01. The van der Waals surface area contributed by atoms with Gasteiger partial charge in [0.05, 0.1) is 12.7 Å². The van der Waals surface area contributed by atoms with Crippen LogP contribution < -0.4 is 4.74 Å². The first-order valence-corrected chi connectivity index (χ1v) is 9.86. The highest BCUT2D eigenvalue weighted by atomic mass is 16.6. The number of rotatable bonds is 8. The molecule has 1 amide bonds. The maximum absolute atomic E-state index is 12.7. The van der Waals surface area contributed by atoms with Crippen LogP contribution in [0.15, 0.2) is 85.1 Å². The molecule has 0 aliphatic carbocycles. The number of para-hydroxylation sites is 1. The highest BCUT2D eigenvalue weighted by Gasteiger charge is 2.31. The van der Waals surface area contributed by atoms with Crippen molar-refractivity contribution < 1.29 is 19.4 Å². The monoisotopic (exact) mass is 393 g/mol. The third-order valence-electron chi connectivity index (χ3n) is 4.89. The molecule has 5 nitrogen and oxygen atoms in total. The van der Waals surface area contributed by atoms with Crippen molar-refractivity contribution in [3.05, 3.63) is 90.7 Å². The van der Waals surface area contributed by atoms with E-state index in [-0.39, 0.29) is 6.04 Å². The quantitative estimate of drug-likeness (QED) is 0.661. The molecule has 1 N–H and O–H groups in total. The summed E-state index contributed by atoms with van der Waals surface area (Å²) in [6.45, 7) is 4.87. The van der Waals surface area contributed by atoms with Gasteiger partial charge in [0.1, 0.15) is 5.75 Å². The van der Waals surface area contributed by atoms with Crippen molar-refractivity contribution in [2.24, 2.45) is 0 Å². The number of carbonyl (C=O) groups is 1. The molecule has 1 heterocycles. The van der Waals surface area contributed by atoms with E-state index >= 15 is 0 Å². The van der Waals surface area contributed by atoms with Gasteiger partial charge in [-0.2, -0.15) is 0 Å². The second kappa shape index (κ2) is 10.6. The summed E-state index contributed by atoms with van der Waals surface area (Å²) in [7, 11) is 0.